The van der Waals surface area contributed by atoms with E-state index in [0.29, 0.717) is 18.2 Å². The van der Waals surface area contributed by atoms with Crippen molar-refractivity contribution in [1.29, 1.82) is 0 Å². The molecule has 1 saturated heterocycles. The predicted molar refractivity (Wildman–Crippen MR) is 65.4 cm³/mol. The molecule has 1 aromatic rings. The SMILES string of the molecule is CS(=O)(=O)N1CCC[C@H](c2cncc(Cl)n2)C1. The van der Waals surface area contributed by atoms with Crippen molar-refractivity contribution in [3.8, 4) is 0 Å². The van der Waals surface area contributed by atoms with Crippen LogP contribution in [-0.2, 0) is 10.0 Å². The smallest absolute Gasteiger partial charge is 0.211 e. The van der Waals surface area contributed by atoms with Crippen LogP contribution in [0, 0.1) is 0 Å². The third kappa shape index (κ3) is 3.14. The number of halogens is 1. The molecule has 0 saturated carbocycles. The first kappa shape index (κ1) is 12.7. The van der Waals surface area contributed by atoms with Crippen molar-refractivity contribution in [3.05, 3.63) is 23.2 Å². The molecule has 0 unspecified atom stereocenters. The van der Waals surface area contributed by atoms with Crippen LogP contribution in [0.3, 0.4) is 0 Å². The molecule has 1 aromatic heterocycles. The van der Waals surface area contributed by atoms with Crippen LogP contribution in [0.4, 0.5) is 0 Å². The van der Waals surface area contributed by atoms with Crippen molar-refractivity contribution in [2.24, 2.45) is 0 Å². The Morgan fingerprint density at radius 3 is 2.88 bits per heavy atom. The van der Waals surface area contributed by atoms with E-state index >= 15 is 0 Å². The Kier molecular flexibility index (Phi) is 3.65. The van der Waals surface area contributed by atoms with Gasteiger partial charge in [0.15, 0.2) is 0 Å². The molecule has 0 aliphatic carbocycles. The van der Waals surface area contributed by atoms with E-state index in [-0.39, 0.29) is 5.92 Å². The predicted octanol–water partition coefficient (Wildman–Crippen LogP) is 1.27. The minimum atomic E-state index is -3.12. The van der Waals surface area contributed by atoms with Crippen molar-refractivity contribution in [1.82, 2.24) is 14.3 Å². The number of rotatable bonds is 2. The molecule has 2 rings (SSSR count). The van der Waals surface area contributed by atoms with Gasteiger partial charge in [0.1, 0.15) is 5.15 Å². The molecule has 0 aromatic carbocycles. The molecule has 0 spiro atoms. The molecule has 7 heteroatoms. The lowest BCUT2D eigenvalue weighted by Gasteiger charge is -2.30. The maximum absolute atomic E-state index is 11.5. The lowest BCUT2D eigenvalue weighted by atomic mass is 9.96. The summed E-state index contributed by atoms with van der Waals surface area (Å²) in [4.78, 5) is 8.18. The molecular formula is C10H14ClN3O2S. The van der Waals surface area contributed by atoms with Gasteiger partial charge in [0.05, 0.1) is 18.1 Å². The first-order valence-electron chi connectivity index (χ1n) is 5.39. The fourth-order valence-corrected chi connectivity index (χ4v) is 3.10. The summed E-state index contributed by atoms with van der Waals surface area (Å²) in [5.41, 5.74) is 0.769. The second kappa shape index (κ2) is 4.88. The molecule has 0 N–H and O–H groups in total. The normalized spacial score (nSPS) is 22.6. The molecule has 1 atom stereocenters. The Bertz CT molecular complexity index is 506. The minimum absolute atomic E-state index is 0.0877. The molecule has 1 aliphatic rings. The van der Waals surface area contributed by atoms with Crippen LogP contribution < -0.4 is 0 Å². The summed E-state index contributed by atoms with van der Waals surface area (Å²) in [5.74, 6) is 0.0877. The van der Waals surface area contributed by atoms with Gasteiger partial charge >= 0.3 is 0 Å². The van der Waals surface area contributed by atoms with Gasteiger partial charge < -0.3 is 0 Å². The quantitative estimate of drug-likeness (QED) is 0.815. The molecule has 1 aliphatic heterocycles. The van der Waals surface area contributed by atoms with Gasteiger partial charge in [-0.1, -0.05) is 11.6 Å². The van der Waals surface area contributed by atoms with E-state index in [1.807, 2.05) is 0 Å². The molecular weight excluding hydrogens is 262 g/mol. The van der Waals surface area contributed by atoms with Gasteiger partial charge in [0.25, 0.3) is 0 Å². The van der Waals surface area contributed by atoms with Crippen LogP contribution in [0.15, 0.2) is 12.4 Å². The summed E-state index contributed by atoms with van der Waals surface area (Å²) in [5, 5.41) is 0.346. The van der Waals surface area contributed by atoms with Gasteiger partial charge in [-0.2, -0.15) is 0 Å². The Morgan fingerprint density at radius 1 is 1.47 bits per heavy atom. The molecule has 2 heterocycles. The fraction of sp³-hybridized carbons (Fsp3) is 0.600. The molecule has 0 radical (unpaired) electrons. The number of nitrogens with zero attached hydrogens (tertiary/aromatic N) is 3. The van der Waals surface area contributed by atoms with E-state index < -0.39 is 10.0 Å². The molecule has 1 fully saturated rings. The summed E-state index contributed by atoms with van der Waals surface area (Å²) in [6.07, 6.45) is 6.12. The fourth-order valence-electron chi connectivity index (χ4n) is 2.04. The first-order valence-corrected chi connectivity index (χ1v) is 7.62. The maximum atomic E-state index is 11.5. The highest BCUT2D eigenvalue weighted by molar-refractivity contribution is 7.88. The largest absolute Gasteiger partial charge is 0.260 e. The van der Waals surface area contributed by atoms with Gasteiger partial charge in [-0.25, -0.2) is 17.7 Å². The Hall–Kier alpha value is -0.720. The molecule has 0 amide bonds. The van der Waals surface area contributed by atoms with Crippen LogP contribution in [0.2, 0.25) is 5.15 Å². The number of hydrogen-bond acceptors (Lipinski definition) is 4. The topological polar surface area (TPSA) is 63.2 Å². The average molecular weight is 276 g/mol. The van der Waals surface area contributed by atoms with E-state index in [9.17, 15) is 8.42 Å². The van der Waals surface area contributed by atoms with Gasteiger partial charge in [-0.05, 0) is 12.8 Å². The summed E-state index contributed by atoms with van der Waals surface area (Å²) < 4.78 is 24.5. The molecule has 0 bridgehead atoms. The summed E-state index contributed by atoms with van der Waals surface area (Å²) in [6, 6.07) is 0. The third-order valence-electron chi connectivity index (χ3n) is 2.90. The third-order valence-corrected chi connectivity index (χ3v) is 4.35. The van der Waals surface area contributed by atoms with Crippen molar-refractivity contribution in [2.75, 3.05) is 19.3 Å². The lowest BCUT2D eigenvalue weighted by Crippen LogP contribution is -2.38. The van der Waals surface area contributed by atoms with Crippen LogP contribution >= 0.6 is 11.6 Å². The number of piperidine rings is 1. The standard InChI is InChI=1S/C10H14ClN3O2S/c1-17(15,16)14-4-2-3-8(7-14)9-5-12-6-10(11)13-9/h5-6,8H,2-4,7H2,1H3/t8-/m0/s1. The van der Waals surface area contributed by atoms with E-state index in [1.165, 1.54) is 16.8 Å². The lowest BCUT2D eigenvalue weighted by molar-refractivity contribution is 0.314. The highest BCUT2D eigenvalue weighted by Gasteiger charge is 2.27. The number of aromatic nitrogens is 2. The zero-order valence-electron chi connectivity index (χ0n) is 9.50. The monoisotopic (exact) mass is 275 g/mol. The van der Waals surface area contributed by atoms with Crippen LogP contribution in [-0.4, -0.2) is 42.0 Å². The summed E-state index contributed by atoms with van der Waals surface area (Å²) >= 11 is 5.78. The highest BCUT2D eigenvalue weighted by atomic mass is 35.5. The first-order chi connectivity index (χ1) is 7.97. The minimum Gasteiger partial charge on any atom is -0.260 e. The van der Waals surface area contributed by atoms with Gasteiger partial charge in [-0.15, -0.1) is 0 Å². The maximum Gasteiger partial charge on any atom is 0.211 e. The van der Waals surface area contributed by atoms with Crippen LogP contribution in [0.1, 0.15) is 24.5 Å². The number of hydrogen-bond donors (Lipinski definition) is 0. The van der Waals surface area contributed by atoms with Crippen molar-refractivity contribution >= 4 is 21.6 Å². The Balaban J connectivity index is 2.18. The molecule has 94 valence electrons. The zero-order valence-corrected chi connectivity index (χ0v) is 11.1. The van der Waals surface area contributed by atoms with E-state index in [4.69, 9.17) is 11.6 Å². The Morgan fingerprint density at radius 2 is 2.24 bits per heavy atom. The van der Waals surface area contributed by atoms with Crippen molar-refractivity contribution in [2.45, 2.75) is 18.8 Å². The van der Waals surface area contributed by atoms with E-state index in [2.05, 4.69) is 9.97 Å². The second-order valence-electron chi connectivity index (χ2n) is 4.23. The van der Waals surface area contributed by atoms with Crippen molar-refractivity contribution in [3.63, 3.8) is 0 Å². The summed E-state index contributed by atoms with van der Waals surface area (Å²) in [6.45, 7) is 1.05. The Labute approximate surface area is 106 Å². The van der Waals surface area contributed by atoms with Gasteiger partial charge in [-0.3, -0.25) is 4.98 Å². The summed E-state index contributed by atoms with van der Waals surface area (Å²) in [7, 11) is -3.12. The number of sulfonamides is 1. The van der Waals surface area contributed by atoms with Gasteiger partial charge in [0.2, 0.25) is 10.0 Å². The van der Waals surface area contributed by atoms with E-state index in [1.54, 1.807) is 6.20 Å². The zero-order chi connectivity index (χ0) is 12.5. The second-order valence-corrected chi connectivity index (χ2v) is 6.60. The van der Waals surface area contributed by atoms with Crippen molar-refractivity contribution < 1.29 is 8.42 Å². The van der Waals surface area contributed by atoms with E-state index in [0.717, 1.165) is 18.5 Å². The molecule has 17 heavy (non-hydrogen) atoms. The van der Waals surface area contributed by atoms with Crippen LogP contribution in [0.5, 0.6) is 0 Å². The highest BCUT2D eigenvalue weighted by Crippen LogP contribution is 2.26. The van der Waals surface area contributed by atoms with Crippen LogP contribution in [0.25, 0.3) is 0 Å². The van der Waals surface area contributed by atoms with Gasteiger partial charge in [0, 0.05) is 25.2 Å². The molecule has 5 nitrogen and oxygen atoms in total. The average Bonchev–Trinajstić information content (AvgIpc) is 2.28.